The Morgan fingerprint density at radius 3 is 1.40 bits per heavy atom. The van der Waals surface area contributed by atoms with Crippen LogP contribution in [0.25, 0.3) is 101 Å². The van der Waals surface area contributed by atoms with E-state index in [0.29, 0.717) is 23.3 Å². The number of hydrogen-bond acceptors (Lipinski definition) is 6. The Bertz CT molecular complexity index is 2890. The fourth-order valence-electron chi connectivity index (χ4n) is 7.08. The van der Waals surface area contributed by atoms with Crippen LogP contribution in [-0.2, 0) is 0 Å². The summed E-state index contributed by atoms with van der Waals surface area (Å²) in [6.45, 7) is 0. The van der Waals surface area contributed by atoms with Crippen LogP contribution < -0.4 is 0 Å². The highest BCUT2D eigenvalue weighted by Crippen LogP contribution is 2.41. The van der Waals surface area contributed by atoms with Gasteiger partial charge in [-0.15, -0.1) is 0 Å². The standard InChI is InChI=1S/C49H31N5O/c1-5-15-32(16-6-1)33-27-29-37(30-28-33)46-50-41(34-17-7-2-8-18-34)31-42(51-46)38-23-13-24-39-44-40(25-14-26-43(44)55-45(38)39)49-53-47(35-19-9-3-10-20-35)52-48(54-49)36-21-11-4-12-22-36/h1-31H. The molecule has 0 saturated heterocycles. The van der Waals surface area contributed by atoms with Gasteiger partial charge in [0.1, 0.15) is 11.2 Å². The second-order valence-corrected chi connectivity index (χ2v) is 13.3. The Morgan fingerprint density at radius 1 is 0.309 bits per heavy atom. The molecule has 0 aliphatic heterocycles. The lowest BCUT2D eigenvalue weighted by Crippen LogP contribution is -2.00. The van der Waals surface area contributed by atoms with Crippen LogP contribution in [0.5, 0.6) is 0 Å². The summed E-state index contributed by atoms with van der Waals surface area (Å²) < 4.78 is 6.75. The maximum atomic E-state index is 6.75. The average molecular weight is 706 g/mol. The monoisotopic (exact) mass is 705 g/mol. The van der Waals surface area contributed by atoms with Crippen LogP contribution >= 0.6 is 0 Å². The van der Waals surface area contributed by atoms with Crippen molar-refractivity contribution < 1.29 is 4.42 Å². The van der Waals surface area contributed by atoms with Gasteiger partial charge in [-0.05, 0) is 29.3 Å². The largest absolute Gasteiger partial charge is 0.455 e. The van der Waals surface area contributed by atoms with Crippen molar-refractivity contribution in [1.82, 2.24) is 24.9 Å². The summed E-state index contributed by atoms with van der Waals surface area (Å²) in [5, 5.41) is 1.87. The highest BCUT2D eigenvalue weighted by Gasteiger charge is 2.21. The van der Waals surface area contributed by atoms with Crippen molar-refractivity contribution >= 4 is 21.9 Å². The summed E-state index contributed by atoms with van der Waals surface area (Å²) >= 11 is 0. The van der Waals surface area contributed by atoms with E-state index in [1.807, 2.05) is 103 Å². The minimum Gasteiger partial charge on any atom is -0.455 e. The maximum absolute atomic E-state index is 6.75. The molecule has 0 spiro atoms. The van der Waals surface area contributed by atoms with E-state index in [1.165, 1.54) is 0 Å². The van der Waals surface area contributed by atoms with E-state index in [0.717, 1.165) is 77.8 Å². The fourth-order valence-corrected chi connectivity index (χ4v) is 7.08. The zero-order valence-corrected chi connectivity index (χ0v) is 29.5. The first-order valence-corrected chi connectivity index (χ1v) is 18.2. The molecule has 0 bridgehead atoms. The lowest BCUT2D eigenvalue weighted by atomic mass is 10.0. The van der Waals surface area contributed by atoms with Gasteiger partial charge < -0.3 is 4.42 Å². The molecule has 0 aliphatic carbocycles. The van der Waals surface area contributed by atoms with Gasteiger partial charge in [0.15, 0.2) is 23.3 Å². The lowest BCUT2D eigenvalue weighted by molar-refractivity contribution is 0.670. The van der Waals surface area contributed by atoms with Gasteiger partial charge >= 0.3 is 0 Å². The van der Waals surface area contributed by atoms with E-state index in [4.69, 9.17) is 29.3 Å². The zero-order valence-electron chi connectivity index (χ0n) is 29.5. The van der Waals surface area contributed by atoms with Gasteiger partial charge in [0.2, 0.25) is 0 Å². The molecule has 0 aliphatic rings. The third-order valence-electron chi connectivity index (χ3n) is 9.78. The molecule has 3 aromatic heterocycles. The van der Waals surface area contributed by atoms with E-state index in [1.54, 1.807) is 0 Å². The molecule has 0 N–H and O–H groups in total. The summed E-state index contributed by atoms with van der Waals surface area (Å²) in [6, 6.07) is 63.3. The Balaban J connectivity index is 1.14. The summed E-state index contributed by atoms with van der Waals surface area (Å²) in [4.78, 5) is 25.3. The van der Waals surface area contributed by atoms with Crippen molar-refractivity contribution in [3.63, 3.8) is 0 Å². The smallest absolute Gasteiger partial charge is 0.164 e. The normalized spacial score (nSPS) is 11.3. The van der Waals surface area contributed by atoms with Crippen LogP contribution in [0.3, 0.4) is 0 Å². The zero-order chi connectivity index (χ0) is 36.6. The van der Waals surface area contributed by atoms with Crippen molar-refractivity contribution in [2.24, 2.45) is 0 Å². The van der Waals surface area contributed by atoms with Crippen molar-refractivity contribution in [1.29, 1.82) is 0 Å². The summed E-state index contributed by atoms with van der Waals surface area (Å²) in [7, 11) is 0. The predicted octanol–water partition coefficient (Wildman–Crippen LogP) is 12.2. The summed E-state index contributed by atoms with van der Waals surface area (Å²) in [5.74, 6) is 2.42. The average Bonchev–Trinajstić information content (AvgIpc) is 3.67. The van der Waals surface area contributed by atoms with Crippen molar-refractivity contribution in [2.75, 3.05) is 0 Å². The molecule has 258 valence electrons. The first-order chi connectivity index (χ1) is 27.2. The lowest BCUT2D eigenvalue weighted by Gasteiger charge is -2.10. The molecule has 6 heteroatoms. The summed E-state index contributed by atoms with van der Waals surface area (Å²) in [5.41, 5.74) is 10.8. The minimum atomic E-state index is 0.570. The van der Waals surface area contributed by atoms with E-state index < -0.39 is 0 Å². The molecular weight excluding hydrogens is 675 g/mol. The quantitative estimate of drug-likeness (QED) is 0.164. The number of rotatable bonds is 7. The molecule has 0 atom stereocenters. The summed E-state index contributed by atoms with van der Waals surface area (Å²) in [6.07, 6.45) is 0. The third kappa shape index (κ3) is 6.11. The molecule has 0 fully saturated rings. The predicted molar refractivity (Wildman–Crippen MR) is 221 cm³/mol. The number of hydrogen-bond donors (Lipinski definition) is 0. The van der Waals surface area contributed by atoms with E-state index in [2.05, 4.69) is 84.9 Å². The van der Waals surface area contributed by atoms with Crippen LogP contribution in [0.4, 0.5) is 0 Å². The molecule has 7 aromatic carbocycles. The van der Waals surface area contributed by atoms with Gasteiger partial charge in [0, 0.05) is 44.2 Å². The Kier molecular flexibility index (Phi) is 8.04. The second kappa shape index (κ2) is 13.8. The van der Waals surface area contributed by atoms with Crippen LogP contribution in [0.2, 0.25) is 0 Å². The van der Waals surface area contributed by atoms with Gasteiger partial charge in [-0.1, -0.05) is 170 Å². The van der Waals surface area contributed by atoms with Crippen molar-refractivity contribution in [3.8, 4) is 79.2 Å². The molecule has 6 nitrogen and oxygen atoms in total. The van der Waals surface area contributed by atoms with Crippen molar-refractivity contribution in [2.45, 2.75) is 0 Å². The van der Waals surface area contributed by atoms with E-state index in [9.17, 15) is 0 Å². The SMILES string of the molecule is c1ccc(-c2ccc(-c3nc(-c4ccccc4)cc(-c4cccc5c4oc4cccc(-c6nc(-c7ccccc7)nc(-c7ccccc7)n6)c45)n3)cc2)cc1. The molecular formula is C49H31N5O. The molecule has 0 amide bonds. The Hall–Kier alpha value is -7.57. The minimum absolute atomic E-state index is 0.570. The van der Waals surface area contributed by atoms with Gasteiger partial charge in [-0.25, -0.2) is 24.9 Å². The number of fused-ring (bicyclic) bond motifs is 3. The third-order valence-corrected chi connectivity index (χ3v) is 9.78. The highest BCUT2D eigenvalue weighted by atomic mass is 16.3. The highest BCUT2D eigenvalue weighted by molar-refractivity contribution is 6.14. The van der Waals surface area contributed by atoms with Gasteiger partial charge in [0.05, 0.1) is 11.4 Å². The molecule has 0 radical (unpaired) electrons. The second-order valence-electron chi connectivity index (χ2n) is 13.3. The van der Waals surface area contributed by atoms with Crippen LogP contribution in [0, 0.1) is 0 Å². The molecule has 0 unspecified atom stereocenters. The van der Waals surface area contributed by atoms with E-state index in [-0.39, 0.29) is 0 Å². The van der Waals surface area contributed by atoms with Gasteiger partial charge in [-0.3, -0.25) is 0 Å². The van der Waals surface area contributed by atoms with Crippen LogP contribution in [-0.4, -0.2) is 24.9 Å². The maximum Gasteiger partial charge on any atom is 0.164 e. The fraction of sp³-hybridized carbons (Fsp3) is 0. The first kappa shape index (κ1) is 32.1. The number of benzene rings is 7. The number of furan rings is 1. The van der Waals surface area contributed by atoms with Gasteiger partial charge in [-0.2, -0.15) is 0 Å². The molecule has 10 rings (SSSR count). The molecule has 0 saturated carbocycles. The van der Waals surface area contributed by atoms with Crippen LogP contribution in [0.1, 0.15) is 0 Å². The van der Waals surface area contributed by atoms with Crippen molar-refractivity contribution in [3.05, 3.63) is 188 Å². The van der Waals surface area contributed by atoms with E-state index >= 15 is 0 Å². The molecule has 10 aromatic rings. The first-order valence-electron chi connectivity index (χ1n) is 18.2. The van der Waals surface area contributed by atoms with Gasteiger partial charge in [0.25, 0.3) is 0 Å². The molecule has 55 heavy (non-hydrogen) atoms. The van der Waals surface area contributed by atoms with Crippen LogP contribution in [0.15, 0.2) is 192 Å². The number of nitrogens with zero attached hydrogens (tertiary/aromatic N) is 5. The topological polar surface area (TPSA) is 77.6 Å². The number of para-hydroxylation sites is 1. The number of aromatic nitrogens is 5. The molecule has 3 heterocycles. The Morgan fingerprint density at radius 2 is 0.764 bits per heavy atom. The Labute approximate surface area is 317 Å².